The molecule has 1 aliphatic heterocycles. The van der Waals surface area contributed by atoms with Gasteiger partial charge in [0.05, 0.1) is 18.6 Å². The second kappa shape index (κ2) is 3.20. The van der Waals surface area contributed by atoms with Gasteiger partial charge < -0.3 is 9.15 Å². The second-order valence-electron chi connectivity index (χ2n) is 3.77. The van der Waals surface area contributed by atoms with Crippen LogP contribution in [-0.4, -0.2) is 11.9 Å². The first-order chi connectivity index (χ1) is 7.74. The van der Waals surface area contributed by atoms with Crippen LogP contribution in [0.15, 0.2) is 34.9 Å². The summed E-state index contributed by atoms with van der Waals surface area (Å²) in [7, 11) is 0. The predicted octanol–water partition coefficient (Wildman–Crippen LogP) is 1.99. The molecule has 0 N–H and O–H groups in total. The maximum absolute atomic E-state index is 11.4. The maximum Gasteiger partial charge on any atom is 0.321 e. The van der Waals surface area contributed by atoms with Gasteiger partial charge in [0.1, 0.15) is 5.58 Å². The van der Waals surface area contributed by atoms with E-state index < -0.39 is 17.9 Å². The van der Waals surface area contributed by atoms with Crippen LogP contribution in [0.2, 0.25) is 0 Å². The minimum absolute atomic E-state index is 0.127. The molecule has 4 heteroatoms. The zero-order chi connectivity index (χ0) is 11.1. The van der Waals surface area contributed by atoms with Crippen LogP contribution in [0.25, 0.3) is 11.0 Å². The number of carbonyl (C=O) groups excluding carboxylic acids is 2. The molecule has 0 radical (unpaired) electrons. The van der Waals surface area contributed by atoms with E-state index in [1.807, 2.05) is 12.1 Å². The third kappa shape index (κ3) is 1.31. The summed E-state index contributed by atoms with van der Waals surface area (Å²) in [6.45, 7) is 0. The van der Waals surface area contributed by atoms with Gasteiger partial charge in [0.2, 0.25) is 0 Å². The summed E-state index contributed by atoms with van der Waals surface area (Å²) in [4.78, 5) is 22.4. The molecule has 1 saturated heterocycles. The summed E-state index contributed by atoms with van der Waals surface area (Å²) in [6, 6.07) is 7.25. The molecule has 1 aliphatic rings. The molecule has 2 aromatic rings. The maximum atomic E-state index is 11.4. The number of benzene rings is 1. The summed E-state index contributed by atoms with van der Waals surface area (Å²) >= 11 is 0. The zero-order valence-corrected chi connectivity index (χ0v) is 8.30. The van der Waals surface area contributed by atoms with Gasteiger partial charge in [-0.3, -0.25) is 9.59 Å². The van der Waals surface area contributed by atoms with E-state index in [0.29, 0.717) is 0 Å². The van der Waals surface area contributed by atoms with E-state index in [1.165, 1.54) is 0 Å². The minimum atomic E-state index is -0.466. The van der Waals surface area contributed by atoms with E-state index in [1.54, 1.807) is 18.4 Å². The number of esters is 2. The number of furan rings is 1. The van der Waals surface area contributed by atoms with E-state index in [0.717, 1.165) is 16.5 Å². The monoisotopic (exact) mass is 216 g/mol. The van der Waals surface area contributed by atoms with Crippen molar-refractivity contribution in [3.05, 3.63) is 36.1 Å². The molecule has 1 atom stereocenters. The summed E-state index contributed by atoms with van der Waals surface area (Å²) in [6.07, 6.45) is 1.72. The van der Waals surface area contributed by atoms with Crippen molar-refractivity contribution in [3.8, 4) is 0 Å². The van der Waals surface area contributed by atoms with Gasteiger partial charge in [-0.25, -0.2) is 0 Å². The van der Waals surface area contributed by atoms with Crippen molar-refractivity contribution in [2.75, 3.05) is 0 Å². The first-order valence-electron chi connectivity index (χ1n) is 4.96. The lowest BCUT2D eigenvalue weighted by molar-refractivity contribution is -0.152. The van der Waals surface area contributed by atoms with Crippen molar-refractivity contribution in [2.24, 2.45) is 0 Å². The molecule has 2 heterocycles. The van der Waals surface area contributed by atoms with Gasteiger partial charge in [0.25, 0.3) is 0 Å². The fourth-order valence-corrected chi connectivity index (χ4v) is 1.93. The Labute approximate surface area is 90.8 Å². The molecule has 0 saturated carbocycles. The molecule has 3 rings (SSSR count). The molecule has 4 nitrogen and oxygen atoms in total. The first-order valence-corrected chi connectivity index (χ1v) is 4.96. The summed E-state index contributed by atoms with van der Waals surface area (Å²) in [5, 5.41) is 0.921. The van der Waals surface area contributed by atoms with Crippen LogP contribution >= 0.6 is 0 Å². The van der Waals surface area contributed by atoms with Crippen molar-refractivity contribution in [3.63, 3.8) is 0 Å². The third-order valence-electron chi connectivity index (χ3n) is 2.75. The number of ether oxygens (including phenoxy) is 1. The van der Waals surface area contributed by atoms with E-state index in [2.05, 4.69) is 4.74 Å². The second-order valence-corrected chi connectivity index (χ2v) is 3.77. The molecule has 16 heavy (non-hydrogen) atoms. The van der Waals surface area contributed by atoms with Gasteiger partial charge in [-0.15, -0.1) is 0 Å². The number of fused-ring (bicyclic) bond motifs is 1. The number of hydrogen-bond donors (Lipinski definition) is 0. The Hall–Kier alpha value is -2.10. The molecule has 0 amide bonds. The average molecular weight is 216 g/mol. The number of cyclic esters (lactones) is 2. The highest BCUT2D eigenvalue weighted by Crippen LogP contribution is 2.29. The predicted molar refractivity (Wildman–Crippen MR) is 54.7 cm³/mol. The molecular formula is C12H8O4. The van der Waals surface area contributed by atoms with Gasteiger partial charge in [-0.2, -0.15) is 0 Å². The van der Waals surface area contributed by atoms with Crippen LogP contribution in [-0.2, 0) is 14.3 Å². The summed E-state index contributed by atoms with van der Waals surface area (Å²) in [5.74, 6) is -1.39. The third-order valence-corrected chi connectivity index (χ3v) is 2.75. The SMILES string of the molecule is O=C1CC(c2ccc3occc3c2)C(=O)O1. The molecule has 0 spiro atoms. The van der Waals surface area contributed by atoms with Crippen LogP contribution in [0.1, 0.15) is 17.9 Å². The zero-order valence-electron chi connectivity index (χ0n) is 8.30. The molecular weight excluding hydrogens is 208 g/mol. The van der Waals surface area contributed by atoms with Gasteiger partial charge in [0, 0.05) is 5.39 Å². The highest BCUT2D eigenvalue weighted by Gasteiger charge is 2.34. The Bertz CT molecular complexity index is 581. The topological polar surface area (TPSA) is 56.5 Å². The van der Waals surface area contributed by atoms with Crippen molar-refractivity contribution in [1.29, 1.82) is 0 Å². The Morgan fingerprint density at radius 2 is 2.06 bits per heavy atom. The number of carbonyl (C=O) groups is 2. The quantitative estimate of drug-likeness (QED) is 0.540. The van der Waals surface area contributed by atoms with Gasteiger partial charge in [-0.05, 0) is 23.8 Å². The minimum Gasteiger partial charge on any atom is -0.464 e. The Kier molecular flexibility index (Phi) is 1.83. The van der Waals surface area contributed by atoms with E-state index in [9.17, 15) is 9.59 Å². The molecule has 0 aliphatic carbocycles. The largest absolute Gasteiger partial charge is 0.464 e. The molecule has 1 fully saturated rings. The van der Waals surface area contributed by atoms with Gasteiger partial charge in [0.15, 0.2) is 0 Å². The lowest BCUT2D eigenvalue weighted by Crippen LogP contribution is -2.05. The standard InChI is InChI=1S/C12H8O4/c13-11-6-9(12(14)16-11)7-1-2-10-8(5-7)3-4-15-10/h1-5,9H,6H2. The number of hydrogen-bond acceptors (Lipinski definition) is 4. The van der Waals surface area contributed by atoms with Gasteiger partial charge >= 0.3 is 11.9 Å². The molecule has 1 aromatic heterocycles. The van der Waals surface area contributed by atoms with Crippen LogP contribution in [0.4, 0.5) is 0 Å². The smallest absolute Gasteiger partial charge is 0.321 e. The van der Waals surface area contributed by atoms with Crippen molar-refractivity contribution in [2.45, 2.75) is 12.3 Å². The molecule has 1 unspecified atom stereocenters. The van der Waals surface area contributed by atoms with E-state index >= 15 is 0 Å². The Morgan fingerprint density at radius 1 is 1.19 bits per heavy atom. The number of rotatable bonds is 1. The Morgan fingerprint density at radius 3 is 2.81 bits per heavy atom. The Balaban J connectivity index is 2.05. The van der Waals surface area contributed by atoms with Crippen LogP contribution in [0.3, 0.4) is 0 Å². The normalized spacial score (nSPS) is 20.4. The molecule has 80 valence electrons. The van der Waals surface area contributed by atoms with Crippen molar-refractivity contribution < 1.29 is 18.7 Å². The fourth-order valence-electron chi connectivity index (χ4n) is 1.93. The fraction of sp³-hybridized carbons (Fsp3) is 0.167. The highest BCUT2D eigenvalue weighted by molar-refractivity contribution is 5.98. The highest BCUT2D eigenvalue weighted by atomic mass is 16.6. The van der Waals surface area contributed by atoms with Crippen LogP contribution in [0, 0.1) is 0 Å². The van der Waals surface area contributed by atoms with Crippen molar-refractivity contribution in [1.82, 2.24) is 0 Å². The lowest BCUT2D eigenvalue weighted by atomic mass is 9.97. The molecule has 1 aromatic carbocycles. The first kappa shape index (κ1) is 9.15. The lowest BCUT2D eigenvalue weighted by Gasteiger charge is -2.03. The molecule has 0 bridgehead atoms. The van der Waals surface area contributed by atoms with Crippen LogP contribution in [0.5, 0.6) is 0 Å². The van der Waals surface area contributed by atoms with Crippen molar-refractivity contribution >= 4 is 22.9 Å². The average Bonchev–Trinajstić information content (AvgIpc) is 2.83. The summed E-state index contributed by atoms with van der Waals surface area (Å²) in [5.41, 5.74) is 1.56. The van der Waals surface area contributed by atoms with E-state index in [4.69, 9.17) is 4.42 Å². The summed E-state index contributed by atoms with van der Waals surface area (Å²) < 4.78 is 9.72. The van der Waals surface area contributed by atoms with E-state index in [-0.39, 0.29) is 6.42 Å². The van der Waals surface area contributed by atoms with Gasteiger partial charge in [-0.1, -0.05) is 6.07 Å². The van der Waals surface area contributed by atoms with Crippen LogP contribution < -0.4 is 0 Å².